The summed E-state index contributed by atoms with van der Waals surface area (Å²) in [5.74, 6) is -0.114. The molecular weight excluding hydrogens is 338 g/mol. The summed E-state index contributed by atoms with van der Waals surface area (Å²) in [6, 6.07) is 9.40. The zero-order valence-corrected chi connectivity index (χ0v) is 15.3. The topological polar surface area (TPSA) is 65.9 Å². The van der Waals surface area contributed by atoms with Gasteiger partial charge in [-0.1, -0.05) is 30.3 Å². The van der Waals surface area contributed by atoms with Gasteiger partial charge in [-0.3, -0.25) is 4.79 Å². The Balaban J connectivity index is 1.87. The summed E-state index contributed by atoms with van der Waals surface area (Å²) in [6.45, 7) is 1.47. The van der Waals surface area contributed by atoms with Gasteiger partial charge in [0.15, 0.2) is 0 Å². The minimum Gasteiger partial charge on any atom is -0.394 e. The number of morpholine rings is 1. The lowest BCUT2D eigenvalue weighted by molar-refractivity contribution is -0.0812. The lowest BCUT2D eigenvalue weighted by atomic mass is 9.98. The molecule has 1 N–H and O–H groups in total. The van der Waals surface area contributed by atoms with E-state index in [4.69, 9.17) is 4.74 Å². The highest BCUT2D eigenvalue weighted by Crippen LogP contribution is 2.31. The zero-order chi connectivity index (χ0) is 17.8. The third kappa shape index (κ3) is 4.07. The third-order valence-electron chi connectivity index (χ3n) is 4.16. The van der Waals surface area contributed by atoms with E-state index in [9.17, 15) is 9.90 Å². The van der Waals surface area contributed by atoms with Gasteiger partial charge in [-0.05, 0) is 19.7 Å². The molecule has 1 aromatic carbocycles. The molecule has 0 aliphatic carbocycles. The fourth-order valence-corrected chi connectivity index (χ4v) is 3.94. The van der Waals surface area contributed by atoms with Crippen molar-refractivity contribution in [2.75, 3.05) is 33.9 Å². The molecule has 2 aromatic rings. The van der Waals surface area contributed by atoms with Crippen LogP contribution in [0.4, 0.5) is 0 Å². The second-order valence-corrected chi connectivity index (χ2v) is 7.25. The van der Waals surface area contributed by atoms with Crippen molar-refractivity contribution in [3.63, 3.8) is 0 Å². The quantitative estimate of drug-likeness (QED) is 0.879. The molecule has 3 rings (SSSR count). The molecule has 0 spiro atoms. The summed E-state index contributed by atoms with van der Waals surface area (Å²) in [5, 5.41) is 12.4. The van der Waals surface area contributed by atoms with Crippen LogP contribution in [0.2, 0.25) is 0 Å². The molecule has 0 radical (unpaired) electrons. The normalized spacial score (nSPS) is 20.9. The van der Waals surface area contributed by atoms with E-state index in [0.717, 1.165) is 10.6 Å². The number of rotatable bonds is 5. The summed E-state index contributed by atoms with van der Waals surface area (Å²) < 4.78 is 5.70. The summed E-state index contributed by atoms with van der Waals surface area (Å²) in [7, 11) is 3.95. The molecule has 0 saturated carbocycles. The predicted molar refractivity (Wildman–Crippen MR) is 96.6 cm³/mol. The first-order valence-electron chi connectivity index (χ1n) is 8.27. The van der Waals surface area contributed by atoms with Gasteiger partial charge in [-0.15, -0.1) is 11.3 Å². The number of benzene rings is 1. The van der Waals surface area contributed by atoms with Gasteiger partial charge in [0.05, 0.1) is 19.3 Å². The molecule has 6 nitrogen and oxygen atoms in total. The number of nitrogens with zero attached hydrogens (tertiary/aromatic N) is 3. The van der Waals surface area contributed by atoms with E-state index in [1.165, 1.54) is 11.3 Å². The number of carbonyl (C=O) groups excluding carboxylic acids is 1. The van der Waals surface area contributed by atoms with Crippen LogP contribution in [0.25, 0.3) is 0 Å². The predicted octanol–water partition coefficient (Wildman–Crippen LogP) is 1.78. The molecule has 2 heterocycles. The first-order chi connectivity index (χ1) is 12.1. The molecule has 7 heteroatoms. The highest BCUT2D eigenvalue weighted by atomic mass is 32.1. The number of aliphatic hydroxyl groups excluding tert-OH is 1. The molecular formula is C18H23N3O3S. The SMILES string of the molecule is CN(C)Cc1nc(C(=O)N2CCO[C@H](CO)[C@H]2c2ccccc2)cs1. The molecule has 1 aromatic heterocycles. The maximum absolute atomic E-state index is 13.1. The second-order valence-electron chi connectivity index (χ2n) is 6.31. The average Bonchev–Trinajstić information content (AvgIpc) is 3.08. The maximum Gasteiger partial charge on any atom is 0.274 e. The Morgan fingerprint density at radius 2 is 2.16 bits per heavy atom. The van der Waals surface area contributed by atoms with Crippen molar-refractivity contribution < 1.29 is 14.6 Å². The van der Waals surface area contributed by atoms with Crippen LogP contribution < -0.4 is 0 Å². The minimum atomic E-state index is -0.431. The second kappa shape index (κ2) is 8.05. The third-order valence-corrected chi connectivity index (χ3v) is 4.99. The van der Waals surface area contributed by atoms with E-state index in [0.29, 0.717) is 25.4 Å². The van der Waals surface area contributed by atoms with Crippen LogP contribution in [-0.2, 0) is 11.3 Å². The van der Waals surface area contributed by atoms with Crippen LogP contribution in [0.1, 0.15) is 27.1 Å². The Morgan fingerprint density at radius 3 is 2.84 bits per heavy atom. The zero-order valence-electron chi connectivity index (χ0n) is 14.5. The van der Waals surface area contributed by atoms with E-state index >= 15 is 0 Å². The van der Waals surface area contributed by atoms with E-state index < -0.39 is 6.10 Å². The van der Waals surface area contributed by atoms with Crippen molar-refractivity contribution in [1.29, 1.82) is 0 Å². The Hall–Kier alpha value is -1.80. The number of aromatic nitrogens is 1. The fourth-order valence-electron chi connectivity index (χ4n) is 3.06. The molecule has 0 bridgehead atoms. The highest BCUT2D eigenvalue weighted by molar-refractivity contribution is 7.09. The highest BCUT2D eigenvalue weighted by Gasteiger charge is 2.37. The number of hydrogen-bond donors (Lipinski definition) is 1. The summed E-state index contributed by atoms with van der Waals surface area (Å²) in [6.07, 6.45) is -0.431. The van der Waals surface area contributed by atoms with Crippen LogP contribution in [0.5, 0.6) is 0 Å². The number of aliphatic hydroxyl groups is 1. The number of thiazole rings is 1. The number of ether oxygens (including phenoxy) is 1. The largest absolute Gasteiger partial charge is 0.394 e. The molecule has 2 atom stereocenters. The van der Waals surface area contributed by atoms with Crippen LogP contribution in [0.15, 0.2) is 35.7 Å². The number of amides is 1. The average molecular weight is 361 g/mol. The lowest BCUT2D eigenvalue weighted by Crippen LogP contribution is -2.49. The first-order valence-corrected chi connectivity index (χ1v) is 9.15. The smallest absolute Gasteiger partial charge is 0.274 e. The molecule has 1 aliphatic heterocycles. The maximum atomic E-state index is 13.1. The minimum absolute atomic E-state index is 0.114. The summed E-state index contributed by atoms with van der Waals surface area (Å²) in [5.41, 5.74) is 1.42. The number of carbonyl (C=O) groups is 1. The van der Waals surface area contributed by atoms with Gasteiger partial charge in [-0.2, -0.15) is 0 Å². The Kier molecular flexibility index (Phi) is 5.80. The molecule has 134 valence electrons. The van der Waals surface area contributed by atoms with Gasteiger partial charge in [-0.25, -0.2) is 4.98 Å². The van der Waals surface area contributed by atoms with Gasteiger partial charge >= 0.3 is 0 Å². The van der Waals surface area contributed by atoms with E-state index in [-0.39, 0.29) is 18.6 Å². The van der Waals surface area contributed by atoms with E-state index in [1.54, 1.807) is 4.90 Å². The summed E-state index contributed by atoms with van der Waals surface area (Å²) in [4.78, 5) is 21.3. The number of hydrogen-bond acceptors (Lipinski definition) is 6. The Morgan fingerprint density at radius 1 is 1.40 bits per heavy atom. The van der Waals surface area contributed by atoms with Crippen molar-refractivity contribution >= 4 is 17.2 Å². The van der Waals surface area contributed by atoms with Crippen molar-refractivity contribution in [3.05, 3.63) is 52.0 Å². The van der Waals surface area contributed by atoms with E-state index in [1.807, 2.05) is 54.7 Å². The summed E-state index contributed by atoms with van der Waals surface area (Å²) >= 11 is 1.49. The Bertz CT molecular complexity index is 705. The van der Waals surface area contributed by atoms with Crippen molar-refractivity contribution in [2.24, 2.45) is 0 Å². The van der Waals surface area contributed by atoms with Crippen molar-refractivity contribution in [2.45, 2.75) is 18.7 Å². The molecule has 0 unspecified atom stereocenters. The van der Waals surface area contributed by atoms with Crippen molar-refractivity contribution in [1.82, 2.24) is 14.8 Å². The van der Waals surface area contributed by atoms with Crippen LogP contribution >= 0.6 is 11.3 Å². The van der Waals surface area contributed by atoms with E-state index in [2.05, 4.69) is 4.98 Å². The van der Waals surface area contributed by atoms with Gasteiger partial charge < -0.3 is 19.6 Å². The fraction of sp³-hybridized carbons (Fsp3) is 0.444. The first kappa shape index (κ1) is 18.0. The van der Waals surface area contributed by atoms with Crippen LogP contribution in [0, 0.1) is 0 Å². The van der Waals surface area contributed by atoms with Gasteiger partial charge in [0, 0.05) is 18.5 Å². The Labute approximate surface area is 151 Å². The molecule has 25 heavy (non-hydrogen) atoms. The lowest BCUT2D eigenvalue weighted by Gasteiger charge is -2.40. The van der Waals surface area contributed by atoms with Gasteiger partial charge in [0.25, 0.3) is 5.91 Å². The van der Waals surface area contributed by atoms with Gasteiger partial charge in [0.1, 0.15) is 16.8 Å². The van der Waals surface area contributed by atoms with Crippen molar-refractivity contribution in [3.8, 4) is 0 Å². The van der Waals surface area contributed by atoms with Crippen LogP contribution in [0.3, 0.4) is 0 Å². The molecule has 1 saturated heterocycles. The standard InChI is InChI=1S/C18H23N3O3S/c1-20(2)10-16-19-14(12-25-16)18(23)21-8-9-24-15(11-22)17(21)13-6-4-3-5-7-13/h3-7,12,15,17,22H,8-11H2,1-2H3/t15-,17-/m1/s1. The monoisotopic (exact) mass is 361 g/mol. The molecule has 1 aliphatic rings. The molecule has 1 fully saturated rings. The van der Waals surface area contributed by atoms with Crippen LogP contribution in [-0.4, -0.2) is 65.8 Å². The van der Waals surface area contributed by atoms with Gasteiger partial charge in [0.2, 0.25) is 0 Å². The molecule has 1 amide bonds.